The molecule has 0 rings (SSSR count). The number of phosphoric acid groups is 1. The van der Waals surface area contributed by atoms with Crippen molar-refractivity contribution in [2.45, 2.75) is 257 Å². The molecular formula is C51H101N2O6P. The first kappa shape index (κ1) is 59.0. The molecule has 0 fully saturated rings. The van der Waals surface area contributed by atoms with E-state index in [1.165, 1.54) is 180 Å². The number of aliphatic hydroxyl groups excluding tert-OH is 1. The Bertz CT molecular complexity index is 1030. The third-order valence-corrected chi connectivity index (χ3v) is 12.7. The van der Waals surface area contributed by atoms with Crippen molar-refractivity contribution in [1.82, 2.24) is 5.32 Å². The van der Waals surface area contributed by atoms with E-state index in [-0.39, 0.29) is 19.1 Å². The Balaban J connectivity index is 4.26. The minimum Gasteiger partial charge on any atom is -0.756 e. The molecule has 9 heteroatoms. The molecule has 0 saturated carbocycles. The predicted molar refractivity (Wildman–Crippen MR) is 256 cm³/mol. The highest BCUT2D eigenvalue weighted by atomic mass is 31.2. The summed E-state index contributed by atoms with van der Waals surface area (Å²) in [5.41, 5.74) is 0. The maximum Gasteiger partial charge on any atom is 0.268 e. The molecule has 8 nitrogen and oxygen atoms in total. The molecule has 356 valence electrons. The van der Waals surface area contributed by atoms with Crippen LogP contribution in [0, 0.1) is 0 Å². The maximum atomic E-state index is 12.9. The second-order valence-electron chi connectivity index (χ2n) is 18.9. The lowest BCUT2D eigenvalue weighted by Crippen LogP contribution is -2.46. The summed E-state index contributed by atoms with van der Waals surface area (Å²) in [7, 11) is 1.31. The van der Waals surface area contributed by atoms with Gasteiger partial charge in [0.15, 0.2) is 0 Å². The number of phosphoric ester groups is 1. The van der Waals surface area contributed by atoms with E-state index in [0.29, 0.717) is 23.9 Å². The van der Waals surface area contributed by atoms with E-state index in [1.807, 2.05) is 21.1 Å². The third-order valence-electron chi connectivity index (χ3n) is 11.7. The van der Waals surface area contributed by atoms with Gasteiger partial charge in [0.25, 0.3) is 7.82 Å². The first-order chi connectivity index (χ1) is 29.0. The van der Waals surface area contributed by atoms with Crippen LogP contribution in [0.5, 0.6) is 0 Å². The van der Waals surface area contributed by atoms with Crippen LogP contribution < -0.4 is 10.2 Å². The van der Waals surface area contributed by atoms with Gasteiger partial charge in [0, 0.05) is 6.42 Å². The van der Waals surface area contributed by atoms with Gasteiger partial charge in [-0.1, -0.05) is 224 Å². The molecule has 3 atom stereocenters. The van der Waals surface area contributed by atoms with Crippen LogP contribution in [0.25, 0.3) is 0 Å². The summed E-state index contributed by atoms with van der Waals surface area (Å²) in [5.74, 6) is -0.166. The summed E-state index contributed by atoms with van der Waals surface area (Å²) in [6, 6.07) is -0.800. The van der Waals surface area contributed by atoms with E-state index in [4.69, 9.17) is 9.05 Å². The SMILES string of the molecule is CCCCC/C=C\C=C/CCCCCCCCCCCCC(=O)NC(COP(=O)([O-])OCC[N+](C)(C)C)C(O)CCCCCCCCCCCCCCCCCCCCC. The second kappa shape index (κ2) is 43.2. The van der Waals surface area contributed by atoms with Crippen molar-refractivity contribution in [2.75, 3.05) is 40.9 Å². The number of nitrogens with one attached hydrogen (secondary N) is 1. The van der Waals surface area contributed by atoms with Crippen LogP contribution in [0.4, 0.5) is 0 Å². The molecule has 0 aliphatic rings. The molecule has 0 heterocycles. The molecule has 0 aliphatic carbocycles. The molecule has 0 radical (unpaired) electrons. The molecule has 2 N–H and O–H groups in total. The van der Waals surface area contributed by atoms with Crippen molar-refractivity contribution < 1.29 is 32.9 Å². The van der Waals surface area contributed by atoms with Crippen LogP contribution >= 0.6 is 7.82 Å². The number of hydrogen-bond donors (Lipinski definition) is 2. The van der Waals surface area contributed by atoms with Crippen molar-refractivity contribution in [2.24, 2.45) is 0 Å². The van der Waals surface area contributed by atoms with Crippen LogP contribution in [-0.4, -0.2) is 68.5 Å². The zero-order valence-electron chi connectivity index (χ0n) is 40.4. The van der Waals surface area contributed by atoms with Gasteiger partial charge in [0.2, 0.25) is 5.91 Å². The number of carbonyl (C=O) groups excluding carboxylic acids is 1. The first-order valence-electron chi connectivity index (χ1n) is 25.7. The van der Waals surface area contributed by atoms with Crippen molar-refractivity contribution in [1.29, 1.82) is 0 Å². The number of quaternary nitrogens is 1. The van der Waals surface area contributed by atoms with Gasteiger partial charge in [-0.25, -0.2) is 0 Å². The molecule has 0 aliphatic heterocycles. The van der Waals surface area contributed by atoms with Gasteiger partial charge in [-0.2, -0.15) is 0 Å². The van der Waals surface area contributed by atoms with Gasteiger partial charge < -0.3 is 28.8 Å². The van der Waals surface area contributed by atoms with Gasteiger partial charge in [-0.05, 0) is 38.5 Å². The Morgan fingerprint density at radius 2 is 0.950 bits per heavy atom. The highest BCUT2D eigenvalue weighted by Crippen LogP contribution is 2.38. The highest BCUT2D eigenvalue weighted by molar-refractivity contribution is 7.45. The number of rotatable bonds is 47. The number of allylic oxidation sites excluding steroid dienone is 4. The van der Waals surface area contributed by atoms with E-state index in [2.05, 4.69) is 43.5 Å². The highest BCUT2D eigenvalue weighted by Gasteiger charge is 2.24. The topological polar surface area (TPSA) is 108 Å². The lowest BCUT2D eigenvalue weighted by Gasteiger charge is -2.30. The Morgan fingerprint density at radius 1 is 0.583 bits per heavy atom. The van der Waals surface area contributed by atoms with Crippen LogP contribution in [-0.2, 0) is 18.4 Å². The molecule has 1 amide bonds. The van der Waals surface area contributed by atoms with Crippen molar-refractivity contribution >= 4 is 13.7 Å². The lowest BCUT2D eigenvalue weighted by atomic mass is 10.0. The van der Waals surface area contributed by atoms with E-state index >= 15 is 0 Å². The lowest BCUT2D eigenvalue weighted by molar-refractivity contribution is -0.870. The Kier molecular flexibility index (Phi) is 42.5. The van der Waals surface area contributed by atoms with Gasteiger partial charge >= 0.3 is 0 Å². The summed E-state index contributed by atoms with van der Waals surface area (Å²) < 4.78 is 23.4. The fraction of sp³-hybridized carbons (Fsp3) is 0.902. The zero-order chi connectivity index (χ0) is 44.3. The van der Waals surface area contributed by atoms with Crippen molar-refractivity contribution in [3.8, 4) is 0 Å². The Hall–Kier alpha value is -1.02. The molecule has 0 aromatic heterocycles. The molecule has 60 heavy (non-hydrogen) atoms. The standard InChI is InChI=1S/C51H101N2O6P/c1-6-8-10-12-14-16-18-20-22-24-26-28-30-32-34-36-38-40-42-44-50(54)49(48-59-60(56,57)58-47-46-53(3,4)5)52-51(55)45-43-41-39-37-35-33-31-29-27-25-23-21-19-17-15-13-11-9-7-2/h15,17,19,21,49-50,54H,6-14,16,18,20,22-48H2,1-5H3,(H-,52,55,56,57)/b17-15-,21-19-. The minimum absolute atomic E-state index is 0.0125. The number of amides is 1. The predicted octanol–water partition coefficient (Wildman–Crippen LogP) is 14.2. The molecule has 3 unspecified atom stereocenters. The number of likely N-dealkylation sites (N-methyl/N-ethyl adjacent to an activating group) is 1. The number of unbranched alkanes of at least 4 members (excludes halogenated alkanes) is 31. The van der Waals surface area contributed by atoms with Crippen molar-refractivity contribution in [3.63, 3.8) is 0 Å². The van der Waals surface area contributed by atoms with Crippen LogP contribution in [0.2, 0.25) is 0 Å². The first-order valence-corrected chi connectivity index (χ1v) is 27.2. The smallest absolute Gasteiger partial charge is 0.268 e. The second-order valence-corrected chi connectivity index (χ2v) is 20.3. The number of nitrogens with zero attached hydrogens (tertiary/aromatic N) is 1. The summed E-state index contributed by atoms with van der Waals surface area (Å²) in [5, 5.41) is 14.0. The van der Waals surface area contributed by atoms with Gasteiger partial charge in [0.05, 0.1) is 39.9 Å². The minimum atomic E-state index is -4.57. The third kappa shape index (κ3) is 45.0. The van der Waals surface area contributed by atoms with Crippen LogP contribution in [0.1, 0.15) is 245 Å². The quantitative estimate of drug-likeness (QED) is 0.0273. The average Bonchev–Trinajstić information content (AvgIpc) is 3.20. The van der Waals surface area contributed by atoms with Gasteiger partial charge in [-0.15, -0.1) is 0 Å². The fourth-order valence-electron chi connectivity index (χ4n) is 7.62. The molecule has 0 spiro atoms. The zero-order valence-corrected chi connectivity index (χ0v) is 41.3. The van der Waals surface area contributed by atoms with Crippen LogP contribution in [0.3, 0.4) is 0 Å². The number of carbonyl (C=O) groups is 1. The van der Waals surface area contributed by atoms with E-state index < -0.39 is 20.0 Å². The Labute approximate surface area is 373 Å². The summed E-state index contributed by atoms with van der Waals surface area (Å²) in [6.07, 6.45) is 51.8. The maximum absolute atomic E-state index is 12.9. The van der Waals surface area contributed by atoms with E-state index in [0.717, 1.165) is 38.5 Å². The summed E-state index contributed by atoms with van der Waals surface area (Å²) in [4.78, 5) is 25.4. The normalized spacial score (nSPS) is 14.3. The van der Waals surface area contributed by atoms with Crippen LogP contribution in [0.15, 0.2) is 24.3 Å². The summed E-state index contributed by atoms with van der Waals surface area (Å²) >= 11 is 0. The molecule has 0 bridgehead atoms. The fourth-order valence-corrected chi connectivity index (χ4v) is 8.34. The molecule has 0 aromatic carbocycles. The average molecular weight is 869 g/mol. The van der Waals surface area contributed by atoms with Gasteiger partial charge in [0.1, 0.15) is 13.2 Å². The molecule has 0 aromatic rings. The number of aliphatic hydroxyl groups is 1. The van der Waals surface area contributed by atoms with Crippen molar-refractivity contribution in [3.05, 3.63) is 24.3 Å². The molecule has 0 saturated heterocycles. The van der Waals surface area contributed by atoms with Gasteiger partial charge in [-0.3, -0.25) is 9.36 Å². The van der Waals surface area contributed by atoms with E-state index in [1.54, 1.807) is 0 Å². The summed E-state index contributed by atoms with van der Waals surface area (Å²) in [6.45, 7) is 4.71. The number of hydrogen-bond acceptors (Lipinski definition) is 6. The Morgan fingerprint density at radius 3 is 1.38 bits per heavy atom. The monoisotopic (exact) mass is 869 g/mol. The largest absolute Gasteiger partial charge is 0.756 e. The van der Waals surface area contributed by atoms with E-state index in [9.17, 15) is 19.4 Å². The molecular weight excluding hydrogens is 768 g/mol.